The van der Waals surface area contributed by atoms with Crippen LogP contribution in [-0.2, 0) is 4.79 Å². The average Bonchev–Trinajstić information content (AvgIpc) is 2.73. The Hall–Kier alpha value is -2.44. The predicted octanol–water partition coefficient (Wildman–Crippen LogP) is 2.17. The van der Waals surface area contributed by atoms with Crippen LogP contribution in [0.15, 0.2) is 24.3 Å². The molecule has 0 atom stereocenters. The third kappa shape index (κ3) is 4.88. The number of ether oxygens (including phenoxy) is 1. The topological polar surface area (TPSA) is 65.1 Å². The minimum absolute atomic E-state index is 0.0194. The molecule has 2 fully saturated rings. The maximum absolute atomic E-state index is 12.9. The van der Waals surface area contributed by atoms with E-state index in [1.807, 2.05) is 35.8 Å². The summed E-state index contributed by atoms with van der Waals surface area (Å²) in [6.45, 7) is 8.40. The lowest BCUT2D eigenvalue weighted by Gasteiger charge is -2.39. The van der Waals surface area contributed by atoms with Crippen LogP contribution in [0.2, 0.25) is 0 Å². The lowest BCUT2D eigenvalue weighted by Crippen LogP contribution is -2.53. The van der Waals surface area contributed by atoms with Crippen molar-refractivity contribution in [3.63, 3.8) is 0 Å². The number of hydrogen-bond donors (Lipinski definition) is 1. The molecule has 7 nitrogen and oxygen atoms in total. The van der Waals surface area contributed by atoms with Crippen LogP contribution < -0.4 is 15.0 Å². The van der Waals surface area contributed by atoms with Gasteiger partial charge in [-0.05, 0) is 51.0 Å². The molecule has 2 heterocycles. The van der Waals surface area contributed by atoms with Gasteiger partial charge < -0.3 is 24.8 Å². The second-order valence-corrected chi connectivity index (χ2v) is 7.88. The summed E-state index contributed by atoms with van der Waals surface area (Å²) in [5, 5.41) is 2.93. The molecule has 0 aromatic heterocycles. The highest BCUT2D eigenvalue weighted by molar-refractivity contribution is 5.80. The monoisotopic (exact) mass is 388 g/mol. The van der Waals surface area contributed by atoms with Gasteiger partial charge in [0, 0.05) is 56.9 Å². The summed E-state index contributed by atoms with van der Waals surface area (Å²) in [6.07, 6.45) is 1.51. The van der Waals surface area contributed by atoms with Gasteiger partial charge in [0.1, 0.15) is 5.75 Å². The molecule has 154 valence electrons. The fraction of sp³-hybridized carbons (Fsp3) is 0.619. The van der Waals surface area contributed by atoms with E-state index >= 15 is 0 Å². The Bertz CT molecular complexity index is 661. The Labute approximate surface area is 167 Å². The number of carbonyl (C=O) groups is 2. The number of benzene rings is 1. The molecule has 1 N–H and O–H groups in total. The number of piperidine rings is 1. The fourth-order valence-corrected chi connectivity index (χ4v) is 3.90. The highest BCUT2D eigenvalue weighted by Crippen LogP contribution is 2.23. The van der Waals surface area contributed by atoms with Crippen molar-refractivity contribution < 1.29 is 14.3 Å². The minimum atomic E-state index is -0.0194. The van der Waals surface area contributed by atoms with E-state index in [9.17, 15) is 9.59 Å². The second-order valence-electron chi connectivity index (χ2n) is 7.88. The van der Waals surface area contributed by atoms with Crippen LogP contribution in [0.25, 0.3) is 0 Å². The summed E-state index contributed by atoms with van der Waals surface area (Å²) >= 11 is 0. The molecule has 0 unspecified atom stereocenters. The molecule has 0 aliphatic carbocycles. The first-order valence-electron chi connectivity index (χ1n) is 10.2. The van der Waals surface area contributed by atoms with E-state index in [2.05, 4.69) is 22.3 Å². The zero-order valence-electron chi connectivity index (χ0n) is 17.2. The van der Waals surface area contributed by atoms with Gasteiger partial charge in [-0.3, -0.25) is 4.79 Å². The van der Waals surface area contributed by atoms with Crippen molar-refractivity contribution in [2.75, 3.05) is 51.3 Å². The Morgan fingerprint density at radius 3 is 2.11 bits per heavy atom. The van der Waals surface area contributed by atoms with Gasteiger partial charge in [0.2, 0.25) is 5.91 Å². The Morgan fingerprint density at radius 1 is 0.964 bits per heavy atom. The summed E-state index contributed by atoms with van der Waals surface area (Å²) in [5.41, 5.74) is 1.16. The molecule has 0 bridgehead atoms. The van der Waals surface area contributed by atoms with Crippen molar-refractivity contribution >= 4 is 17.6 Å². The van der Waals surface area contributed by atoms with E-state index in [0.29, 0.717) is 13.1 Å². The van der Waals surface area contributed by atoms with E-state index < -0.39 is 0 Å². The summed E-state index contributed by atoms with van der Waals surface area (Å²) < 4.78 is 5.21. The third-order valence-electron chi connectivity index (χ3n) is 5.57. The maximum Gasteiger partial charge on any atom is 0.317 e. The highest BCUT2D eigenvalue weighted by atomic mass is 16.5. The molecule has 0 radical (unpaired) electrons. The van der Waals surface area contributed by atoms with Crippen molar-refractivity contribution in [2.45, 2.75) is 32.7 Å². The van der Waals surface area contributed by atoms with Crippen molar-refractivity contribution in [2.24, 2.45) is 5.92 Å². The summed E-state index contributed by atoms with van der Waals surface area (Å²) in [6, 6.07) is 8.18. The maximum atomic E-state index is 12.9. The summed E-state index contributed by atoms with van der Waals surface area (Å²) in [7, 11) is 1.67. The summed E-state index contributed by atoms with van der Waals surface area (Å²) in [4.78, 5) is 31.1. The van der Waals surface area contributed by atoms with E-state index in [-0.39, 0.29) is 23.9 Å². The molecular formula is C21H32N4O3. The van der Waals surface area contributed by atoms with E-state index in [1.54, 1.807) is 7.11 Å². The van der Waals surface area contributed by atoms with E-state index in [1.165, 1.54) is 0 Å². The number of nitrogens with one attached hydrogen (secondary N) is 1. The van der Waals surface area contributed by atoms with Gasteiger partial charge in [-0.2, -0.15) is 0 Å². The van der Waals surface area contributed by atoms with Gasteiger partial charge in [-0.25, -0.2) is 4.79 Å². The number of rotatable bonds is 4. The fourth-order valence-electron chi connectivity index (χ4n) is 3.90. The number of anilines is 1. The number of carbonyl (C=O) groups excluding carboxylic acids is 2. The molecule has 28 heavy (non-hydrogen) atoms. The first-order valence-corrected chi connectivity index (χ1v) is 10.2. The van der Waals surface area contributed by atoms with Gasteiger partial charge in [0.05, 0.1) is 7.11 Å². The first-order chi connectivity index (χ1) is 13.5. The molecular weight excluding hydrogens is 356 g/mol. The van der Waals surface area contributed by atoms with Crippen LogP contribution in [0, 0.1) is 5.92 Å². The van der Waals surface area contributed by atoms with Crippen LogP contribution >= 0.6 is 0 Å². The third-order valence-corrected chi connectivity index (χ3v) is 5.57. The number of piperazine rings is 1. The normalized spacial score (nSPS) is 18.4. The average molecular weight is 389 g/mol. The molecule has 7 heteroatoms. The van der Waals surface area contributed by atoms with Gasteiger partial charge in [-0.15, -0.1) is 0 Å². The number of urea groups is 1. The van der Waals surface area contributed by atoms with Gasteiger partial charge >= 0.3 is 6.03 Å². The van der Waals surface area contributed by atoms with Crippen molar-refractivity contribution in [3.05, 3.63) is 24.3 Å². The Balaban J connectivity index is 1.46. The van der Waals surface area contributed by atoms with Crippen molar-refractivity contribution in [3.8, 4) is 5.75 Å². The zero-order chi connectivity index (χ0) is 20.1. The zero-order valence-corrected chi connectivity index (χ0v) is 17.2. The smallest absolute Gasteiger partial charge is 0.317 e. The predicted molar refractivity (Wildman–Crippen MR) is 110 cm³/mol. The second kappa shape index (κ2) is 9.17. The standard InChI is InChI=1S/C21H32N4O3/c1-16(2)22-21(27)25-10-8-17(9-11-25)20(26)24-14-12-23(13-15-24)18-4-6-19(28-3)7-5-18/h4-7,16-17H,8-15H2,1-3H3,(H,22,27). The molecule has 0 saturated carbocycles. The Morgan fingerprint density at radius 2 is 1.57 bits per heavy atom. The summed E-state index contributed by atoms with van der Waals surface area (Å²) in [5.74, 6) is 1.14. The SMILES string of the molecule is COc1ccc(N2CCN(C(=O)C3CCN(C(=O)NC(C)C)CC3)CC2)cc1. The number of hydrogen-bond acceptors (Lipinski definition) is 4. The molecule has 0 spiro atoms. The van der Waals surface area contributed by atoms with Gasteiger partial charge in [-0.1, -0.05) is 0 Å². The quantitative estimate of drug-likeness (QED) is 0.859. The number of nitrogens with zero attached hydrogens (tertiary/aromatic N) is 3. The van der Waals surface area contributed by atoms with Crippen LogP contribution in [0.5, 0.6) is 5.75 Å². The molecule has 1 aromatic carbocycles. The number of methoxy groups -OCH3 is 1. The van der Waals surface area contributed by atoms with Crippen LogP contribution in [0.1, 0.15) is 26.7 Å². The molecule has 2 saturated heterocycles. The lowest BCUT2D eigenvalue weighted by atomic mass is 9.95. The molecule has 2 aliphatic heterocycles. The first kappa shape index (κ1) is 20.3. The van der Waals surface area contributed by atoms with Gasteiger partial charge in [0.25, 0.3) is 0 Å². The van der Waals surface area contributed by atoms with Crippen LogP contribution in [-0.4, -0.2) is 74.2 Å². The minimum Gasteiger partial charge on any atom is -0.497 e. The van der Waals surface area contributed by atoms with Crippen LogP contribution in [0.4, 0.5) is 10.5 Å². The molecule has 2 aliphatic rings. The van der Waals surface area contributed by atoms with Gasteiger partial charge in [0.15, 0.2) is 0 Å². The molecule has 3 amide bonds. The van der Waals surface area contributed by atoms with E-state index in [4.69, 9.17) is 4.74 Å². The van der Waals surface area contributed by atoms with Crippen LogP contribution in [0.3, 0.4) is 0 Å². The largest absolute Gasteiger partial charge is 0.497 e. The molecule has 1 aromatic rings. The molecule has 3 rings (SSSR count). The van der Waals surface area contributed by atoms with E-state index in [0.717, 1.165) is 50.5 Å². The highest BCUT2D eigenvalue weighted by Gasteiger charge is 2.31. The Kier molecular flexibility index (Phi) is 6.65. The number of likely N-dealkylation sites (tertiary alicyclic amines) is 1. The lowest BCUT2D eigenvalue weighted by molar-refractivity contribution is -0.137. The van der Waals surface area contributed by atoms with Crippen molar-refractivity contribution in [1.29, 1.82) is 0 Å². The van der Waals surface area contributed by atoms with Crippen molar-refractivity contribution in [1.82, 2.24) is 15.1 Å². The number of amides is 3.